The van der Waals surface area contributed by atoms with Gasteiger partial charge in [0.25, 0.3) is 5.91 Å². The molecule has 0 spiro atoms. The lowest BCUT2D eigenvalue weighted by Crippen LogP contribution is -2.55. The monoisotopic (exact) mass is 535 g/mol. The van der Waals surface area contributed by atoms with Crippen LogP contribution in [0.5, 0.6) is 0 Å². The largest absolute Gasteiger partial charge is 0.368 e. The minimum Gasteiger partial charge on any atom is -0.368 e. The van der Waals surface area contributed by atoms with E-state index >= 15 is 0 Å². The number of aliphatic imine (C=N–C) groups is 1. The Hall–Kier alpha value is -0.610. The van der Waals surface area contributed by atoms with E-state index < -0.39 is 0 Å². The normalized spacial score (nSPS) is 25.9. The molecule has 3 saturated heterocycles. The lowest BCUT2D eigenvalue weighted by atomic mass is 10.0. The van der Waals surface area contributed by atoms with E-state index in [2.05, 4.69) is 29.0 Å². The van der Waals surface area contributed by atoms with E-state index in [9.17, 15) is 4.79 Å². The number of piperazine rings is 1. The number of carbonyl (C=O) groups excluding carboxylic acids is 1. The van der Waals surface area contributed by atoms with Crippen molar-refractivity contribution in [1.82, 2.24) is 20.0 Å². The average molecular weight is 536 g/mol. The molecule has 8 heteroatoms. The summed E-state index contributed by atoms with van der Waals surface area (Å²) in [5.41, 5.74) is 0. The molecule has 1 N–H and O–H groups in total. The summed E-state index contributed by atoms with van der Waals surface area (Å²) in [4.78, 5) is 24.3. The number of ether oxygens (including phenoxy) is 1. The van der Waals surface area contributed by atoms with Crippen molar-refractivity contribution in [2.45, 2.75) is 58.5 Å². The third kappa shape index (κ3) is 7.82. The number of hydrogen-bond donors (Lipinski definition) is 1. The molecular weight excluding hydrogens is 493 g/mol. The van der Waals surface area contributed by atoms with Gasteiger partial charge in [0.05, 0.1) is 0 Å². The summed E-state index contributed by atoms with van der Waals surface area (Å²) in [6, 6.07) is 0. The van der Waals surface area contributed by atoms with Crippen molar-refractivity contribution < 1.29 is 9.53 Å². The van der Waals surface area contributed by atoms with Gasteiger partial charge in [-0.15, -0.1) is 24.0 Å². The Morgan fingerprint density at radius 2 is 1.83 bits per heavy atom. The average Bonchev–Trinajstić information content (AvgIpc) is 3.27. The van der Waals surface area contributed by atoms with Crippen molar-refractivity contribution in [2.24, 2.45) is 10.9 Å². The maximum absolute atomic E-state index is 12.5. The minimum atomic E-state index is -0.202. The van der Waals surface area contributed by atoms with E-state index in [0.29, 0.717) is 0 Å². The lowest BCUT2D eigenvalue weighted by Gasteiger charge is -2.37. The van der Waals surface area contributed by atoms with Gasteiger partial charge < -0.3 is 24.8 Å². The molecule has 3 rings (SSSR count). The highest BCUT2D eigenvalue weighted by Gasteiger charge is 2.30. The second-order valence-electron chi connectivity index (χ2n) is 8.80. The molecular formula is C22H42IN5O2. The maximum Gasteiger partial charge on any atom is 0.251 e. The van der Waals surface area contributed by atoms with Crippen molar-refractivity contribution >= 4 is 35.8 Å². The first-order valence-electron chi connectivity index (χ1n) is 11.8. The summed E-state index contributed by atoms with van der Waals surface area (Å²) >= 11 is 0. The summed E-state index contributed by atoms with van der Waals surface area (Å²) < 4.78 is 5.56. The van der Waals surface area contributed by atoms with Crippen molar-refractivity contribution in [3.05, 3.63) is 0 Å². The van der Waals surface area contributed by atoms with Gasteiger partial charge in [0, 0.05) is 52.4 Å². The van der Waals surface area contributed by atoms with Crippen molar-refractivity contribution in [1.29, 1.82) is 0 Å². The molecule has 7 nitrogen and oxygen atoms in total. The van der Waals surface area contributed by atoms with Crippen LogP contribution in [0.3, 0.4) is 0 Å². The van der Waals surface area contributed by atoms with Crippen molar-refractivity contribution in [2.75, 3.05) is 65.5 Å². The molecule has 30 heavy (non-hydrogen) atoms. The van der Waals surface area contributed by atoms with Crippen LogP contribution in [-0.2, 0) is 9.53 Å². The number of piperidine rings is 1. The van der Waals surface area contributed by atoms with Crippen LogP contribution in [0.2, 0.25) is 0 Å². The van der Waals surface area contributed by atoms with E-state index in [-0.39, 0.29) is 36.0 Å². The van der Waals surface area contributed by atoms with E-state index in [1.54, 1.807) is 0 Å². The number of nitrogens with one attached hydrogen (secondary N) is 1. The fraction of sp³-hybridized carbons (Fsp3) is 0.909. The Balaban J connectivity index is 0.00000320. The molecule has 174 valence electrons. The number of nitrogens with zero attached hydrogens (tertiary/aromatic N) is 4. The maximum atomic E-state index is 12.5. The number of halogens is 1. The Bertz CT molecular complexity index is 534. The molecule has 0 aliphatic carbocycles. The first-order chi connectivity index (χ1) is 14.2. The topological polar surface area (TPSA) is 60.4 Å². The van der Waals surface area contributed by atoms with Gasteiger partial charge in [0.2, 0.25) is 0 Å². The van der Waals surface area contributed by atoms with Crippen molar-refractivity contribution in [3.63, 3.8) is 0 Å². The molecule has 1 amide bonds. The van der Waals surface area contributed by atoms with Gasteiger partial charge in [0.1, 0.15) is 6.10 Å². The number of hydrogen-bond acceptors (Lipinski definition) is 4. The van der Waals surface area contributed by atoms with E-state index in [1.165, 1.54) is 38.9 Å². The Morgan fingerprint density at radius 1 is 1.07 bits per heavy atom. The molecule has 3 heterocycles. The zero-order valence-electron chi connectivity index (χ0n) is 19.0. The molecule has 0 aromatic heterocycles. The van der Waals surface area contributed by atoms with Crippen LogP contribution < -0.4 is 5.32 Å². The van der Waals surface area contributed by atoms with Crippen LogP contribution in [0, 0.1) is 5.92 Å². The van der Waals surface area contributed by atoms with Crippen LogP contribution in [0.25, 0.3) is 0 Å². The summed E-state index contributed by atoms with van der Waals surface area (Å²) in [6.45, 7) is 13.9. The highest BCUT2D eigenvalue weighted by atomic mass is 127. The first kappa shape index (κ1) is 25.6. The SMILES string of the molecule is CCNC(=NCCCCN1CCCC(C)C1)N1CCN(C(=O)C2CCCO2)CC1.I. The van der Waals surface area contributed by atoms with Gasteiger partial charge in [-0.1, -0.05) is 6.92 Å². The number of unbranched alkanes of at least 4 members (excludes halogenated alkanes) is 1. The summed E-state index contributed by atoms with van der Waals surface area (Å²) in [6.07, 6.45) is 6.77. The second-order valence-corrected chi connectivity index (χ2v) is 8.80. The molecule has 3 aliphatic heterocycles. The van der Waals surface area contributed by atoms with Crippen LogP contribution in [-0.4, -0.2) is 98.2 Å². The van der Waals surface area contributed by atoms with Crippen LogP contribution >= 0.6 is 24.0 Å². The van der Waals surface area contributed by atoms with Crippen LogP contribution in [0.1, 0.15) is 52.4 Å². The van der Waals surface area contributed by atoms with E-state index in [0.717, 1.165) is 77.0 Å². The summed E-state index contributed by atoms with van der Waals surface area (Å²) in [5.74, 6) is 2.03. The van der Waals surface area contributed by atoms with E-state index in [1.807, 2.05) is 4.90 Å². The number of rotatable bonds is 7. The fourth-order valence-electron chi connectivity index (χ4n) is 4.66. The zero-order valence-corrected chi connectivity index (χ0v) is 21.3. The predicted molar refractivity (Wildman–Crippen MR) is 133 cm³/mol. The predicted octanol–water partition coefficient (Wildman–Crippen LogP) is 2.41. The molecule has 3 fully saturated rings. The van der Waals surface area contributed by atoms with E-state index in [4.69, 9.17) is 9.73 Å². The van der Waals surface area contributed by atoms with Crippen LogP contribution in [0.4, 0.5) is 0 Å². The Kier molecular flexibility index (Phi) is 11.7. The third-order valence-corrected chi connectivity index (χ3v) is 6.32. The highest BCUT2D eigenvalue weighted by molar-refractivity contribution is 14.0. The highest BCUT2D eigenvalue weighted by Crippen LogP contribution is 2.17. The van der Waals surface area contributed by atoms with Crippen LogP contribution in [0.15, 0.2) is 4.99 Å². The zero-order chi connectivity index (χ0) is 20.5. The van der Waals surface area contributed by atoms with Gasteiger partial charge in [0.15, 0.2) is 5.96 Å². The second kappa shape index (κ2) is 13.7. The molecule has 0 aromatic carbocycles. The molecule has 0 radical (unpaired) electrons. The standard InChI is InChI=1S/C22H41N5O2.HI/c1-3-23-22(24-10-4-5-11-25-12-6-8-19(2)18-25)27-15-13-26(14-16-27)21(28)20-9-7-17-29-20;/h19-20H,3-18H2,1-2H3,(H,23,24);1H. The molecule has 3 aliphatic rings. The van der Waals surface area contributed by atoms with Gasteiger partial charge >= 0.3 is 0 Å². The number of amides is 1. The molecule has 2 atom stereocenters. The van der Waals surface area contributed by atoms with Crippen molar-refractivity contribution in [3.8, 4) is 0 Å². The Morgan fingerprint density at radius 3 is 2.50 bits per heavy atom. The number of likely N-dealkylation sites (tertiary alicyclic amines) is 1. The fourth-order valence-corrected chi connectivity index (χ4v) is 4.66. The Labute approximate surface area is 200 Å². The smallest absolute Gasteiger partial charge is 0.251 e. The number of carbonyl (C=O) groups is 1. The lowest BCUT2D eigenvalue weighted by molar-refractivity contribution is -0.142. The van der Waals surface area contributed by atoms with Gasteiger partial charge in [-0.05, 0) is 64.5 Å². The van der Waals surface area contributed by atoms with Gasteiger partial charge in [-0.2, -0.15) is 0 Å². The number of guanidine groups is 1. The summed E-state index contributed by atoms with van der Waals surface area (Å²) in [7, 11) is 0. The summed E-state index contributed by atoms with van der Waals surface area (Å²) in [5, 5.41) is 3.43. The molecule has 0 aromatic rings. The quantitative estimate of drug-likeness (QED) is 0.235. The molecule has 0 saturated carbocycles. The minimum absolute atomic E-state index is 0. The van der Waals surface area contributed by atoms with Gasteiger partial charge in [-0.3, -0.25) is 9.79 Å². The third-order valence-electron chi connectivity index (χ3n) is 6.32. The first-order valence-corrected chi connectivity index (χ1v) is 11.8. The molecule has 0 bridgehead atoms. The van der Waals surface area contributed by atoms with Gasteiger partial charge in [-0.25, -0.2) is 0 Å². The molecule has 2 unspecified atom stereocenters.